The molecule has 38 heteroatoms. The van der Waals surface area contributed by atoms with Gasteiger partial charge in [-0.05, 0) is 104 Å². The second-order valence-corrected chi connectivity index (χ2v) is 66.5. The maximum absolute atomic E-state index is 7.54. The average molecular weight is 1900 g/mol. The standard InChI is InChI=1S/C88H172O33Si5/c1-42-49-56-63(89-18)71(97-26)78(109-49)118-59-52(45-104-123(34,35)85(6,7)8)113-82(75(101-30)66(59)92-21)121-62-55(48-107-126(40,41)88(15,16)17)114-83(76(102-31)69(62)95-24)120-61-54(47-106-125(38,39)87(12,13)14)111-80(73(99-28)68(61)94-23)116-57-50(43-2)108-77(70(96-25)64(57)90-19)117-58-51(44-103-122(32,33)84(3,4)5)112-81(74(100-29)65(58)91-20)119-60-53(46-105-124(36,37)86(9,10)11)110-79(115-56)72(98-27)67(60)93-22/h49-83H,42-48H2,1-41H3. The molecule has 742 valence electrons. The van der Waals surface area contributed by atoms with Gasteiger partial charge in [-0.1, -0.05) is 118 Å². The van der Waals surface area contributed by atoms with Gasteiger partial charge >= 0.3 is 0 Å². The molecular formula is C88H172O33Si5. The minimum atomic E-state index is -2.61. The van der Waals surface area contributed by atoms with Crippen molar-refractivity contribution in [2.75, 3.05) is 133 Å². The molecule has 14 bridgehead atoms. The van der Waals surface area contributed by atoms with Gasteiger partial charge in [0.05, 0.1) is 45.2 Å². The summed E-state index contributed by atoms with van der Waals surface area (Å²) in [7, 11) is 9.23. The van der Waals surface area contributed by atoms with Crippen LogP contribution in [-0.2, 0) is 155 Å². The van der Waals surface area contributed by atoms with Crippen molar-refractivity contribution in [2.24, 2.45) is 0 Å². The van der Waals surface area contributed by atoms with Crippen molar-refractivity contribution >= 4 is 41.6 Å². The molecule has 21 rings (SSSR count). The first-order valence-corrected chi connectivity index (χ1v) is 60.0. The van der Waals surface area contributed by atoms with Crippen LogP contribution < -0.4 is 0 Å². The summed E-state index contributed by atoms with van der Waals surface area (Å²) < 4.78 is 232. The van der Waals surface area contributed by atoms with E-state index in [1.54, 1.807) is 99.5 Å². The number of ether oxygens (including phenoxy) is 28. The normalized spacial score (nSPS) is 39.9. The summed E-state index contributed by atoms with van der Waals surface area (Å²) in [5.41, 5.74) is 0. The van der Waals surface area contributed by atoms with Crippen molar-refractivity contribution in [3.8, 4) is 0 Å². The van der Waals surface area contributed by atoms with Crippen molar-refractivity contribution in [2.45, 2.75) is 436 Å². The summed E-state index contributed by atoms with van der Waals surface area (Å²) in [5.74, 6) is 0. The van der Waals surface area contributed by atoms with Crippen LogP contribution in [0.5, 0.6) is 0 Å². The zero-order chi connectivity index (χ0) is 94.5. The van der Waals surface area contributed by atoms with E-state index in [9.17, 15) is 0 Å². The lowest BCUT2D eigenvalue weighted by atomic mass is 9.94. The van der Waals surface area contributed by atoms with E-state index in [-0.39, 0.29) is 58.2 Å². The SMILES string of the molecule is CCC1OC2OC3C(CO[Si](C)(C)C(C)(C)C)OC(OC4C(CO[Si](C)(C)C(C)(C)C)OC(OC5C(CO[Si](C)(C)C(C)(C)C)OC(OC6C(CC)OC(OC7C(CO[Si](C)(C)C(C)(C)C)OC(OC8C(CO[Si](C)(C)C(C)(C)C)OC(OC1C(OC)C2OC)C(OC)C8OC)C(OC)C7OC)C(OC)C6OC)C(OC)C5OC)C(OC)C4OC)C(OC)C3OC. The highest BCUT2D eigenvalue weighted by molar-refractivity contribution is 6.75. The van der Waals surface area contributed by atoms with E-state index in [1.807, 2.05) is 13.8 Å². The fraction of sp³-hybridized carbons (Fsp3) is 1.00. The Hall–Kier alpha value is -0.236. The smallest absolute Gasteiger partial charge is 0.192 e. The Morgan fingerprint density at radius 2 is 0.286 bits per heavy atom. The maximum Gasteiger partial charge on any atom is 0.192 e. The van der Waals surface area contributed by atoms with E-state index >= 15 is 0 Å². The summed E-state index contributed by atoms with van der Waals surface area (Å²) in [6.07, 6.45) is -34.7. The lowest BCUT2D eigenvalue weighted by Gasteiger charge is -2.53. The summed E-state index contributed by atoms with van der Waals surface area (Å²) >= 11 is 0. The third-order valence-electron chi connectivity index (χ3n) is 29.9. The van der Waals surface area contributed by atoms with E-state index in [4.69, 9.17) is 155 Å². The molecule has 0 spiro atoms. The van der Waals surface area contributed by atoms with Gasteiger partial charge in [0, 0.05) is 99.5 Å². The lowest BCUT2D eigenvalue weighted by Crippen LogP contribution is -2.69. The molecule has 0 radical (unpaired) electrons. The molecule has 21 heterocycles. The lowest BCUT2D eigenvalue weighted by molar-refractivity contribution is -0.401. The highest BCUT2D eigenvalue weighted by atomic mass is 28.4. The molecule has 0 saturated carbocycles. The molecule has 126 heavy (non-hydrogen) atoms. The van der Waals surface area contributed by atoms with Crippen LogP contribution in [0.1, 0.15) is 131 Å². The number of hydrogen-bond donors (Lipinski definition) is 0. The summed E-state index contributed by atoms with van der Waals surface area (Å²) in [6.45, 7) is 58.6. The van der Waals surface area contributed by atoms with Crippen LogP contribution >= 0.6 is 0 Å². The number of hydrogen-bond acceptors (Lipinski definition) is 33. The predicted molar refractivity (Wildman–Crippen MR) is 482 cm³/mol. The van der Waals surface area contributed by atoms with E-state index in [2.05, 4.69) is 169 Å². The van der Waals surface area contributed by atoms with E-state index in [1.165, 1.54) is 0 Å². The molecule has 21 aliphatic rings. The molecule has 0 aromatic heterocycles. The van der Waals surface area contributed by atoms with Crippen molar-refractivity contribution < 1.29 is 155 Å². The third kappa shape index (κ3) is 24.7. The Morgan fingerprint density at radius 1 is 0.175 bits per heavy atom. The zero-order valence-corrected chi connectivity index (χ0v) is 89.6. The fourth-order valence-electron chi connectivity index (χ4n) is 16.6. The van der Waals surface area contributed by atoms with E-state index < -0.39 is 257 Å². The van der Waals surface area contributed by atoms with Gasteiger partial charge in [-0.3, -0.25) is 0 Å². The minimum absolute atomic E-state index is 0.00964. The van der Waals surface area contributed by atoms with Crippen LogP contribution in [0.3, 0.4) is 0 Å². The molecule has 35 unspecified atom stereocenters. The summed E-state index contributed by atoms with van der Waals surface area (Å²) in [5, 5.41) is -1.17. The zero-order valence-electron chi connectivity index (χ0n) is 84.6. The Morgan fingerprint density at radius 3 is 0.389 bits per heavy atom. The Kier molecular flexibility index (Phi) is 40.2. The second-order valence-electron chi connectivity index (χ2n) is 42.5. The van der Waals surface area contributed by atoms with Crippen LogP contribution in [0, 0.1) is 0 Å². The minimum Gasteiger partial charge on any atom is -0.414 e. The first-order valence-electron chi connectivity index (χ1n) is 45.4. The third-order valence-corrected chi connectivity index (χ3v) is 52.4. The first-order chi connectivity index (χ1) is 58.7. The Bertz CT molecular complexity index is 3120. The predicted octanol–water partition coefficient (Wildman–Crippen LogP) is 11.9. The van der Waals surface area contributed by atoms with Crippen molar-refractivity contribution in [1.29, 1.82) is 0 Å². The second kappa shape index (κ2) is 45.6. The number of methoxy groups -OCH3 is 14. The molecule has 35 atom stereocenters. The van der Waals surface area contributed by atoms with Gasteiger partial charge in [-0.25, -0.2) is 0 Å². The molecule has 0 aliphatic carbocycles. The largest absolute Gasteiger partial charge is 0.414 e. The van der Waals surface area contributed by atoms with Crippen molar-refractivity contribution in [3.63, 3.8) is 0 Å². The highest BCUT2D eigenvalue weighted by Crippen LogP contribution is 2.49. The van der Waals surface area contributed by atoms with E-state index in [0.29, 0.717) is 12.8 Å². The van der Waals surface area contributed by atoms with Crippen molar-refractivity contribution in [3.05, 3.63) is 0 Å². The Labute approximate surface area is 761 Å². The summed E-state index contributed by atoms with van der Waals surface area (Å²) in [4.78, 5) is 0. The molecule has 21 fully saturated rings. The molecular weight excluding hydrogens is 1730 g/mol. The molecule has 21 saturated heterocycles. The van der Waals surface area contributed by atoms with Crippen molar-refractivity contribution in [1.82, 2.24) is 0 Å². The molecule has 33 nitrogen and oxygen atoms in total. The molecule has 0 amide bonds. The molecule has 0 aromatic rings. The topological polar surface area (TPSA) is 305 Å². The monoisotopic (exact) mass is 1900 g/mol. The van der Waals surface area contributed by atoms with Crippen LogP contribution in [0.25, 0.3) is 0 Å². The van der Waals surface area contributed by atoms with E-state index in [0.717, 1.165) is 0 Å². The van der Waals surface area contributed by atoms with Gasteiger partial charge in [-0.15, -0.1) is 0 Å². The van der Waals surface area contributed by atoms with Crippen LogP contribution in [-0.4, -0.2) is 389 Å². The van der Waals surface area contributed by atoms with Gasteiger partial charge in [0.15, 0.2) is 85.6 Å². The quantitative estimate of drug-likeness (QED) is 0.0582. The van der Waals surface area contributed by atoms with Gasteiger partial charge < -0.3 is 155 Å². The van der Waals surface area contributed by atoms with Gasteiger partial charge in [-0.2, -0.15) is 0 Å². The Balaban J connectivity index is 1.36. The molecule has 21 aliphatic heterocycles. The number of rotatable bonds is 31. The van der Waals surface area contributed by atoms with Crippen LogP contribution in [0.4, 0.5) is 0 Å². The average Bonchev–Trinajstić information content (AvgIpc) is 0.768. The van der Waals surface area contributed by atoms with Gasteiger partial charge in [0.2, 0.25) is 0 Å². The van der Waals surface area contributed by atoms with Gasteiger partial charge in [0.25, 0.3) is 0 Å². The first kappa shape index (κ1) is 111. The van der Waals surface area contributed by atoms with Crippen LogP contribution in [0.15, 0.2) is 0 Å². The molecule has 0 aromatic carbocycles. The van der Waals surface area contributed by atoms with Gasteiger partial charge in [0.1, 0.15) is 159 Å². The van der Waals surface area contributed by atoms with Crippen LogP contribution in [0.2, 0.25) is 90.7 Å². The molecule has 0 N–H and O–H groups in total. The maximum atomic E-state index is 7.54. The highest BCUT2D eigenvalue weighted by Gasteiger charge is 2.64. The summed E-state index contributed by atoms with van der Waals surface area (Å²) in [6, 6.07) is 0. The fourth-order valence-corrected chi connectivity index (χ4v) is 21.7.